The number of nitrogens with one attached hydrogen (secondary N) is 4. The zero-order chi connectivity index (χ0) is 20.8. The van der Waals surface area contributed by atoms with Crippen molar-refractivity contribution < 1.29 is 0 Å². The first-order valence-corrected chi connectivity index (χ1v) is 10.1. The summed E-state index contributed by atoms with van der Waals surface area (Å²) < 4.78 is 0. The number of anilines is 2. The quantitative estimate of drug-likeness (QED) is 0.291. The molecule has 0 amide bonds. The molecule has 2 aromatic heterocycles. The molecule has 0 radical (unpaired) electrons. The molecule has 0 atom stereocenters. The second kappa shape index (κ2) is 6.88. The van der Waals surface area contributed by atoms with Gasteiger partial charge in [0.25, 0.3) is 0 Å². The normalized spacial score (nSPS) is 13.5. The number of nitrogens with zero attached hydrogens (tertiary/aromatic N) is 3. The molecule has 0 aliphatic carbocycles. The average molecular weight is 408 g/mol. The van der Waals surface area contributed by atoms with Gasteiger partial charge in [-0.3, -0.25) is 4.99 Å². The van der Waals surface area contributed by atoms with E-state index in [0.29, 0.717) is 5.69 Å². The van der Waals surface area contributed by atoms with Gasteiger partial charge >= 0.3 is 0 Å². The number of aromatic amines is 2. The van der Waals surface area contributed by atoms with Crippen LogP contribution in [0.3, 0.4) is 0 Å². The van der Waals surface area contributed by atoms with E-state index in [1.807, 2.05) is 60.7 Å². The highest BCUT2D eigenvalue weighted by Crippen LogP contribution is 2.26. The number of nitrogens with two attached hydrogens (primary N) is 1. The minimum Gasteiger partial charge on any atom is -0.399 e. The van der Waals surface area contributed by atoms with Crippen molar-refractivity contribution in [2.45, 2.75) is 0 Å². The number of guanidine groups is 1. The summed E-state index contributed by atoms with van der Waals surface area (Å²) in [5.41, 5.74) is 13.3. The van der Waals surface area contributed by atoms with Crippen LogP contribution in [0.1, 0.15) is 0 Å². The molecule has 0 spiro atoms. The van der Waals surface area contributed by atoms with E-state index < -0.39 is 0 Å². The standard InChI is InChI=1S/C23H20N8/c24-15-5-7-17-19(11-15)30-21(28-17)13-1-3-14(4-2-13)22-29-18-8-6-16(12-20(18)31-22)27-23-25-9-10-26-23/h1-8,11-12H,9-10,24H2,(H,28,30)(H,29,31)(H2,25,26,27). The molecule has 31 heavy (non-hydrogen) atoms. The van der Waals surface area contributed by atoms with Gasteiger partial charge in [0.15, 0.2) is 5.96 Å². The lowest BCUT2D eigenvalue weighted by Gasteiger charge is -2.05. The van der Waals surface area contributed by atoms with Crippen LogP contribution in [0.2, 0.25) is 0 Å². The molecule has 1 aliphatic rings. The molecule has 8 nitrogen and oxygen atoms in total. The fourth-order valence-corrected chi connectivity index (χ4v) is 3.79. The van der Waals surface area contributed by atoms with Crippen LogP contribution in [0, 0.1) is 0 Å². The van der Waals surface area contributed by atoms with Gasteiger partial charge < -0.3 is 26.3 Å². The molecule has 0 saturated heterocycles. The second-order valence-electron chi connectivity index (χ2n) is 7.54. The van der Waals surface area contributed by atoms with Crippen molar-refractivity contribution in [3.05, 3.63) is 60.7 Å². The molecule has 8 heteroatoms. The van der Waals surface area contributed by atoms with E-state index in [2.05, 4.69) is 30.6 Å². The number of benzene rings is 3. The second-order valence-corrected chi connectivity index (χ2v) is 7.54. The minimum absolute atomic E-state index is 0.716. The number of fused-ring (bicyclic) bond motifs is 2. The van der Waals surface area contributed by atoms with Crippen molar-refractivity contribution in [3.63, 3.8) is 0 Å². The fourth-order valence-electron chi connectivity index (χ4n) is 3.79. The Balaban J connectivity index is 1.28. The summed E-state index contributed by atoms with van der Waals surface area (Å²) in [7, 11) is 0. The van der Waals surface area contributed by atoms with Crippen LogP contribution in [0.15, 0.2) is 65.7 Å². The van der Waals surface area contributed by atoms with Crippen LogP contribution in [-0.2, 0) is 0 Å². The lowest BCUT2D eigenvalue weighted by Crippen LogP contribution is -2.26. The zero-order valence-corrected chi connectivity index (χ0v) is 16.6. The van der Waals surface area contributed by atoms with E-state index in [9.17, 15) is 0 Å². The number of aliphatic imine (C=N–C) groups is 1. The molecule has 0 fully saturated rings. The van der Waals surface area contributed by atoms with Crippen molar-refractivity contribution in [2.75, 3.05) is 24.1 Å². The summed E-state index contributed by atoms with van der Waals surface area (Å²) in [6, 6.07) is 19.9. The van der Waals surface area contributed by atoms with Crippen LogP contribution in [0.4, 0.5) is 11.4 Å². The van der Waals surface area contributed by atoms with E-state index >= 15 is 0 Å². The molecule has 1 aliphatic heterocycles. The third-order valence-corrected chi connectivity index (χ3v) is 5.36. The highest BCUT2D eigenvalue weighted by atomic mass is 15.2. The molecule has 152 valence electrons. The fraction of sp³-hybridized carbons (Fsp3) is 0.0870. The first-order chi connectivity index (χ1) is 15.2. The maximum Gasteiger partial charge on any atom is 0.195 e. The maximum absolute atomic E-state index is 5.87. The van der Waals surface area contributed by atoms with Crippen molar-refractivity contribution in [1.82, 2.24) is 25.3 Å². The van der Waals surface area contributed by atoms with Crippen molar-refractivity contribution >= 4 is 39.4 Å². The van der Waals surface area contributed by atoms with Gasteiger partial charge in [-0.15, -0.1) is 0 Å². The summed E-state index contributed by atoms with van der Waals surface area (Å²) in [6.07, 6.45) is 0. The van der Waals surface area contributed by atoms with E-state index in [0.717, 1.165) is 69.6 Å². The summed E-state index contributed by atoms with van der Waals surface area (Å²) in [5, 5.41) is 6.51. The third-order valence-electron chi connectivity index (χ3n) is 5.36. The van der Waals surface area contributed by atoms with Crippen molar-refractivity contribution in [3.8, 4) is 22.8 Å². The summed E-state index contributed by atoms with van der Waals surface area (Å²) in [5.74, 6) is 2.45. The van der Waals surface area contributed by atoms with Gasteiger partial charge in [-0.2, -0.15) is 0 Å². The van der Waals surface area contributed by atoms with E-state index in [1.165, 1.54) is 0 Å². The Morgan fingerprint density at radius 3 is 2.06 bits per heavy atom. The molecule has 5 aromatic rings. The number of hydrogen-bond donors (Lipinski definition) is 5. The highest BCUT2D eigenvalue weighted by Gasteiger charge is 2.10. The molecule has 0 saturated carbocycles. The highest BCUT2D eigenvalue weighted by molar-refractivity contribution is 5.96. The van der Waals surface area contributed by atoms with Gasteiger partial charge in [-0.05, 0) is 36.4 Å². The Bertz CT molecular complexity index is 1440. The molecule has 0 unspecified atom stereocenters. The maximum atomic E-state index is 5.87. The monoisotopic (exact) mass is 408 g/mol. The summed E-state index contributed by atoms with van der Waals surface area (Å²) in [4.78, 5) is 20.5. The minimum atomic E-state index is 0.716. The largest absolute Gasteiger partial charge is 0.399 e. The number of H-pyrrole nitrogens is 2. The molecular weight excluding hydrogens is 388 g/mol. The average Bonchev–Trinajstić information content (AvgIpc) is 3.53. The topological polar surface area (TPSA) is 120 Å². The first kappa shape index (κ1) is 17.5. The third kappa shape index (κ3) is 3.24. The molecule has 6 N–H and O–H groups in total. The zero-order valence-electron chi connectivity index (χ0n) is 16.6. The van der Waals surface area contributed by atoms with Crippen molar-refractivity contribution in [1.29, 1.82) is 0 Å². The summed E-state index contributed by atoms with van der Waals surface area (Å²) >= 11 is 0. The van der Waals surface area contributed by atoms with Crippen LogP contribution < -0.4 is 16.4 Å². The smallest absolute Gasteiger partial charge is 0.195 e. The van der Waals surface area contributed by atoms with Gasteiger partial charge in [0, 0.05) is 29.0 Å². The Labute approximate surface area is 177 Å². The van der Waals surface area contributed by atoms with Crippen LogP contribution in [-0.4, -0.2) is 39.0 Å². The van der Waals surface area contributed by atoms with Crippen LogP contribution in [0.25, 0.3) is 44.8 Å². The predicted octanol–water partition coefficient (Wildman–Crippen LogP) is 3.73. The van der Waals surface area contributed by atoms with Gasteiger partial charge in [-0.1, -0.05) is 24.3 Å². The Morgan fingerprint density at radius 2 is 1.42 bits per heavy atom. The van der Waals surface area contributed by atoms with Gasteiger partial charge in [0.2, 0.25) is 0 Å². The van der Waals surface area contributed by atoms with E-state index in [1.54, 1.807) is 0 Å². The summed E-state index contributed by atoms with van der Waals surface area (Å²) in [6.45, 7) is 1.67. The number of imidazole rings is 2. The lowest BCUT2D eigenvalue weighted by atomic mass is 10.1. The molecule has 3 heterocycles. The predicted molar refractivity (Wildman–Crippen MR) is 125 cm³/mol. The number of aromatic nitrogens is 4. The molecule has 6 rings (SSSR count). The Morgan fingerprint density at radius 1 is 0.774 bits per heavy atom. The SMILES string of the molecule is Nc1ccc2nc(-c3ccc(-c4nc5ccc(NC6=NCCN6)cc5[nH]4)cc3)[nH]c2c1. The first-order valence-electron chi connectivity index (χ1n) is 10.1. The lowest BCUT2D eigenvalue weighted by molar-refractivity contribution is 0.959. The van der Waals surface area contributed by atoms with Gasteiger partial charge in [0.05, 0.1) is 28.6 Å². The molecule has 3 aromatic carbocycles. The van der Waals surface area contributed by atoms with Crippen LogP contribution in [0.5, 0.6) is 0 Å². The van der Waals surface area contributed by atoms with Crippen LogP contribution >= 0.6 is 0 Å². The molecular formula is C23H20N8. The Kier molecular flexibility index (Phi) is 3.89. The Hall–Kier alpha value is -4.33. The number of rotatable bonds is 3. The van der Waals surface area contributed by atoms with Crippen molar-refractivity contribution in [2.24, 2.45) is 4.99 Å². The number of nitrogen functional groups attached to an aromatic ring is 1. The van der Waals surface area contributed by atoms with E-state index in [4.69, 9.17) is 10.7 Å². The van der Waals surface area contributed by atoms with Gasteiger partial charge in [-0.25, -0.2) is 9.97 Å². The molecule has 0 bridgehead atoms. The van der Waals surface area contributed by atoms with Gasteiger partial charge in [0.1, 0.15) is 11.6 Å². The number of hydrogen-bond acceptors (Lipinski definition) is 6. The van der Waals surface area contributed by atoms with E-state index in [-0.39, 0.29) is 0 Å².